The van der Waals surface area contributed by atoms with Gasteiger partial charge in [0.2, 0.25) is 0 Å². The number of hydrogen-bond acceptors (Lipinski definition) is 15. The lowest BCUT2D eigenvalue weighted by molar-refractivity contribution is -0.161. The number of phosphoric ester groups is 2. The number of ether oxygens (including phenoxy) is 4. The van der Waals surface area contributed by atoms with Crippen LogP contribution in [0.2, 0.25) is 0 Å². The second-order valence-corrected chi connectivity index (χ2v) is 30.2. The molecule has 0 aliphatic rings. The van der Waals surface area contributed by atoms with E-state index in [1.807, 2.05) is 18.2 Å². The molecule has 0 rings (SSSR count). The molecular formula is C85H148O17P2. The van der Waals surface area contributed by atoms with E-state index < -0.39 is 97.5 Å². The first kappa shape index (κ1) is 99.7. The lowest BCUT2D eigenvalue weighted by atomic mass is 10.1. The number of hydrogen-bond donors (Lipinski definition) is 3. The minimum atomic E-state index is -5.00. The van der Waals surface area contributed by atoms with E-state index >= 15 is 0 Å². The SMILES string of the molecule is CC/C=C\C/C=C\C/C=C\C/C=C\C/C=C\C/C=C\CCC(=O)O[C@H](COC(=O)CCCCCCCCC/C=C\CCCCCC)COP(=O)(O)OC[C@H](O)COP(=O)(O)OC[C@@H](COC(=O)CCCCCCC/C=C\CCCCCCCC)OC(=O)CCCCCCCCC/C=C\CCCCCC. The van der Waals surface area contributed by atoms with Gasteiger partial charge in [0.25, 0.3) is 0 Å². The van der Waals surface area contributed by atoms with Crippen molar-refractivity contribution in [1.82, 2.24) is 0 Å². The van der Waals surface area contributed by atoms with Gasteiger partial charge in [-0.2, -0.15) is 0 Å². The molecule has 0 spiro atoms. The first-order chi connectivity index (χ1) is 50.7. The number of allylic oxidation sites excluding steroid dienone is 18. The van der Waals surface area contributed by atoms with Crippen LogP contribution >= 0.6 is 15.6 Å². The molecule has 600 valence electrons. The third-order valence-electron chi connectivity index (χ3n) is 17.2. The van der Waals surface area contributed by atoms with Crippen LogP contribution in [0.15, 0.2) is 109 Å². The standard InChI is InChI=1S/C85H148O17P2/c1-5-9-13-17-21-25-29-33-37-38-39-40-44-48-52-56-60-64-68-72-85(90)102-81(76-96-83(88)70-66-62-58-54-50-46-42-35-31-27-23-19-15-11-7-3)78-100-104(93,94)98-74-79(86)73-97-103(91,92)99-77-80(101-84(89)71-67-63-59-55-51-47-43-36-32-28-24-20-16-12-8-4)75-95-82(87)69-65-61-57-53-49-45-41-34-30-26-22-18-14-10-6-2/h9,13,21,25,27-28,31-34,37,39-41,48,52,60,64,79-81,86H,5-8,10-12,14-20,22-24,26,29-30,35-36,38,42-47,49-51,53-59,61-63,65-78H2,1-4H3,(H,91,92)(H,93,94)/b13-9-,25-21-,31-27-,32-28-,37-33-,40-39-,41-34-,52-48-,64-60-/t79-,80-,81-/m1/s1. The second-order valence-electron chi connectivity index (χ2n) is 27.3. The Bertz CT molecular complexity index is 2390. The highest BCUT2D eigenvalue weighted by Crippen LogP contribution is 2.45. The molecule has 0 radical (unpaired) electrons. The first-order valence-corrected chi connectivity index (χ1v) is 44.1. The molecule has 0 saturated carbocycles. The zero-order valence-corrected chi connectivity index (χ0v) is 67.5. The Balaban J connectivity index is 5.43. The summed E-state index contributed by atoms with van der Waals surface area (Å²) in [6, 6.07) is 0. The van der Waals surface area contributed by atoms with Gasteiger partial charge in [-0.3, -0.25) is 37.3 Å². The van der Waals surface area contributed by atoms with Gasteiger partial charge in [0.05, 0.1) is 26.4 Å². The molecule has 19 heteroatoms. The molecule has 5 atom stereocenters. The lowest BCUT2D eigenvalue weighted by Crippen LogP contribution is -2.30. The van der Waals surface area contributed by atoms with Gasteiger partial charge in [-0.25, -0.2) is 9.13 Å². The molecule has 0 aromatic carbocycles. The van der Waals surface area contributed by atoms with Crippen molar-refractivity contribution in [2.75, 3.05) is 39.6 Å². The van der Waals surface area contributed by atoms with Crippen molar-refractivity contribution in [3.05, 3.63) is 109 Å². The van der Waals surface area contributed by atoms with E-state index in [-0.39, 0.29) is 25.7 Å². The molecule has 0 aromatic rings. The second kappa shape index (κ2) is 76.9. The van der Waals surface area contributed by atoms with Gasteiger partial charge >= 0.3 is 39.5 Å². The Morgan fingerprint density at radius 3 is 0.837 bits per heavy atom. The van der Waals surface area contributed by atoms with E-state index in [0.717, 1.165) is 167 Å². The average Bonchev–Trinajstić information content (AvgIpc) is 0.943. The third-order valence-corrected chi connectivity index (χ3v) is 19.1. The molecule has 0 aliphatic carbocycles. The van der Waals surface area contributed by atoms with Crippen LogP contribution in [-0.4, -0.2) is 96.7 Å². The molecule has 0 bridgehead atoms. The molecule has 0 saturated heterocycles. The summed E-state index contributed by atoms with van der Waals surface area (Å²) in [6.45, 7) is 4.67. The summed E-state index contributed by atoms with van der Waals surface area (Å²) < 4.78 is 68.6. The van der Waals surface area contributed by atoms with Gasteiger partial charge in [-0.15, -0.1) is 0 Å². The molecule has 3 N–H and O–H groups in total. The van der Waals surface area contributed by atoms with Crippen LogP contribution in [0.1, 0.15) is 349 Å². The number of carbonyl (C=O) groups is 4. The summed E-state index contributed by atoms with van der Waals surface area (Å²) in [5.41, 5.74) is 0. The van der Waals surface area contributed by atoms with E-state index in [9.17, 15) is 43.2 Å². The fourth-order valence-corrected chi connectivity index (χ4v) is 12.5. The highest BCUT2D eigenvalue weighted by atomic mass is 31.2. The summed E-state index contributed by atoms with van der Waals surface area (Å²) in [6.07, 6.45) is 83.6. The lowest BCUT2D eigenvalue weighted by Gasteiger charge is -2.21. The van der Waals surface area contributed by atoms with Crippen LogP contribution in [0.25, 0.3) is 0 Å². The molecule has 104 heavy (non-hydrogen) atoms. The monoisotopic (exact) mass is 1500 g/mol. The Hall–Kier alpha value is -4.28. The maximum Gasteiger partial charge on any atom is 0.472 e. The summed E-state index contributed by atoms with van der Waals surface area (Å²) >= 11 is 0. The zero-order chi connectivity index (χ0) is 76.0. The van der Waals surface area contributed by atoms with Crippen LogP contribution in [0.3, 0.4) is 0 Å². The van der Waals surface area contributed by atoms with Crippen LogP contribution in [0.5, 0.6) is 0 Å². The Kier molecular flexibility index (Phi) is 73.7. The van der Waals surface area contributed by atoms with Crippen molar-refractivity contribution in [2.24, 2.45) is 0 Å². The van der Waals surface area contributed by atoms with Gasteiger partial charge in [0.1, 0.15) is 19.3 Å². The summed E-state index contributed by atoms with van der Waals surface area (Å²) in [5.74, 6) is -2.28. The predicted octanol–water partition coefficient (Wildman–Crippen LogP) is 24.1. The van der Waals surface area contributed by atoms with Crippen molar-refractivity contribution in [3.8, 4) is 0 Å². The summed E-state index contributed by atoms with van der Waals surface area (Å²) in [5, 5.41) is 10.6. The molecule has 17 nitrogen and oxygen atoms in total. The number of phosphoric acid groups is 2. The minimum absolute atomic E-state index is 0.0315. The van der Waals surface area contributed by atoms with Crippen LogP contribution in [0.4, 0.5) is 0 Å². The number of unbranched alkanes of at least 4 members (excludes halogenated alkanes) is 33. The number of aliphatic hydroxyl groups is 1. The maximum atomic E-state index is 13.1. The fourth-order valence-electron chi connectivity index (χ4n) is 10.9. The van der Waals surface area contributed by atoms with Crippen LogP contribution in [0, 0.1) is 0 Å². The van der Waals surface area contributed by atoms with E-state index in [4.69, 9.17) is 37.0 Å². The number of rotatable bonds is 77. The summed E-state index contributed by atoms with van der Waals surface area (Å²) in [7, 11) is -9.98. The smallest absolute Gasteiger partial charge is 0.462 e. The summed E-state index contributed by atoms with van der Waals surface area (Å²) in [4.78, 5) is 73.1. The Morgan fingerprint density at radius 1 is 0.279 bits per heavy atom. The van der Waals surface area contributed by atoms with E-state index in [1.54, 1.807) is 0 Å². The van der Waals surface area contributed by atoms with E-state index in [0.29, 0.717) is 32.1 Å². The average molecular weight is 1500 g/mol. The molecule has 2 unspecified atom stereocenters. The molecular weight excluding hydrogens is 1350 g/mol. The molecule has 0 heterocycles. The molecule has 0 fully saturated rings. The number of aliphatic hydroxyl groups excluding tert-OH is 1. The Morgan fingerprint density at radius 2 is 0.519 bits per heavy atom. The van der Waals surface area contributed by atoms with Gasteiger partial charge in [-0.1, -0.05) is 291 Å². The van der Waals surface area contributed by atoms with Gasteiger partial charge < -0.3 is 33.8 Å². The molecule has 0 aromatic heterocycles. The highest BCUT2D eigenvalue weighted by molar-refractivity contribution is 7.47. The predicted molar refractivity (Wildman–Crippen MR) is 427 cm³/mol. The van der Waals surface area contributed by atoms with Crippen molar-refractivity contribution < 1.29 is 80.2 Å². The van der Waals surface area contributed by atoms with E-state index in [1.165, 1.54) is 96.3 Å². The number of esters is 4. The normalized spacial score (nSPS) is 14.4. The molecule has 0 aliphatic heterocycles. The van der Waals surface area contributed by atoms with Crippen LogP contribution < -0.4 is 0 Å². The molecule has 0 amide bonds. The van der Waals surface area contributed by atoms with Crippen LogP contribution in [-0.2, 0) is 65.4 Å². The van der Waals surface area contributed by atoms with E-state index in [2.05, 4.69) is 119 Å². The zero-order valence-electron chi connectivity index (χ0n) is 65.7. The van der Waals surface area contributed by atoms with Gasteiger partial charge in [0, 0.05) is 25.7 Å². The van der Waals surface area contributed by atoms with Crippen molar-refractivity contribution in [2.45, 2.75) is 367 Å². The van der Waals surface area contributed by atoms with Gasteiger partial charge in [0.15, 0.2) is 12.2 Å². The maximum absolute atomic E-state index is 13.1. The van der Waals surface area contributed by atoms with Crippen molar-refractivity contribution >= 4 is 39.5 Å². The van der Waals surface area contributed by atoms with Crippen molar-refractivity contribution in [3.63, 3.8) is 0 Å². The quantitative estimate of drug-likeness (QED) is 0.0169. The minimum Gasteiger partial charge on any atom is -0.462 e. The number of carbonyl (C=O) groups excluding carboxylic acids is 4. The largest absolute Gasteiger partial charge is 0.472 e. The Labute approximate surface area is 632 Å². The van der Waals surface area contributed by atoms with Gasteiger partial charge in [-0.05, 0) is 141 Å². The first-order valence-electron chi connectivity index (χ1n) is 41.1. The highest BCUT2D eigenvalue weighted by Gasteiger charge is 2.30. The topological polar surface area (TPSA) is 237 Å². The fraction of sp³-hybridized carbons (Fsp3) is 0.741. The van der Waals surface area contributed by atoms with Crippen molar-refractivity contribution in [1.29, 1.82) is 0 Å². The third kappa shape index (κ3) is 75.9.